The molecule has 2 aromatic carbocycles. The van der Waals surface area contributed by atoms with Crippen molar-refractivity contribution in [2.45, 2.75) is 0 Å². The van der Waals surface area contributed by atoms with Crippen LogP contribution in [-0.4, -0.2) is 5.48 Å². The monoisotopic (exact) mass is 280 g/mol. The maximum Gasteiger partial charge on any atom is -0.0263 e. The summed E-state index contributed by atoms with van der Waals surface area (Å²) in [6.07, 6.45) is 6.94. The Kier molecular flexibility index (Phi) is 15.2. The average molecular weight is 280 g/mol. The van der Waals surface area contributed by atoms with E-state index < -0.39 is 0 Å². The number of allylic oxidation sites excluding steroid dienone is 2. The summed E-state index contributed by atoms with van der Waals surface area (Å²) in [5.74, 6) is 0. The quantitative estimate of drug-likeness (QED) is 0.693. The zero-order valence-corrected chi connectivity index (χ0v) is 12.4. The fourth-order valence-electron chi connectivity index (χ4n) is 1.18. The number of benzene rings is 2. The zero-order chi connectivity index (χ0) is 15.1. The number of rotatable bonds is 3. The molecule has 0 spiro atoms. The van der Waals surface area contributed by atoms with Crippen molar-refractivity contribution in [1.29, 1.82) is 0 Å². The third kappa shape index (κ3) is 12.2. The predicted octanol–water partition coefficient (Wildman–Crippen LogP) is 5.19. The van der Waals surface area contributed by atoms with E-state index in [4.69, 9.17) is 0 Å². The second-order valence-electron chi connectivity index (χ2n) is 3.70. The summed E-state index contributed by atoms with van der Waals surface area (Å²) in [7, 11) is 0. The molecule has 0 saturated heterocycles. The zero-order valence-electron chi connectivity index (χ0n) is 12.4. The molecule has 0 amide bonds. The van der Waals surface area contributed by atoms with Crippen LogP contribution in [0.25, 0.3) is 12.2 Å². The minimum atomic E-state index is 0. The maximum atomic E-state index is 3.63. The van der Waals surface area contributed by atoms with E-state index >= 15 is 0 Å². The van der Waals surface area contributed by atoms with Crippen molar-refractivity contribution in [3.05, 3.63) is 110 Å². The molecule has 0 aliphatic carbocycles. The third-order valence-corrected chi connectivity index (χ3v) is 2.24. The summed E-state index contributed by atoms with van der Waals surface area (Å²) in [5.41, 5.74) is 2.35. The van der Waals surface area contributed by atoms with Gasteiger partial charge >= 0.3 is 0 Å². The lowest BCUT2D eigenvalue weighted by molar-refractivity contribution is 0.824. The molecule has 2 N–H and O–H groups in total. The molecule has 0 aromatic heterocycles. The van der Waals surface area contributed by atoms with Crippen molar-refractivity contribution in [1.82, 2.24) is 0 Å². The van der Waals surface area contributed by atoms with Crippen LogP contribution in [0.2, 0.25) is 0 Å². The summed E-state index contributed by atoms with van der Waals surface area (Å²) in [6, 6.07) is 20.1. The third-order valence-electron chi connectivity index (χ3n) is 2.24. The van der Waals surface area contributed by atoms with E-state index in [1.165, 1.54) is 11.1 Å². The molecule has 0 saturated carbocycles. The fraction of sp³-hybridized carbons (Fsp3) is 0. The first kappa shape index (κ1) is 20.7. The van der Waals surface area contributed by atoms with E-state index in [9.17, 15) is 0 Å². The highest BCUT2D eigenvalue weighted by Crippen LogP contribution is 1.98. The van der Waals surface area contributed by atoms with Crippen LogP contribution in [0.4, 0.5) is 0 Å². The molecule has 0 atom stereocenters. The van der Waals surface area contributed by atoms with Gasteiger partial charge in [0.05, 0.1) is 0 Å². The highest BCUT2D eigenvalue weighted by molar-refractivity contribution is 5.46. The van der Waals surface area contributed by atoms with Crippen LogP contribution in [0.15, 0.2) is 99.1 Å². The van der Waals surface area contributed by atoms with Crippen molar-refractivity contribution >= 4 is 12.2 Å². The predicted molar refractivity (Wildman–Crippen MR) is 97.1 cm³/mol. The van der Waals surface area contributed by atoms with E-state index in [1.54, 1.807) is 12.2 Å². The molecule has 21 heavy (non-hydrogen) atoms. The second-order valence-corrected chi connectivity index (χ2v) is 3.70. The highest BCUT2D eigenvalue weighted by Gasteiger charge is 1.76. The lowest BCUT2D eigenvalue weighted by atomic mass is 10.2. The molecule has 0 bridgehead atoms. The van der Waals surface area contributed by atoms with Gasteiger partial charge in [0.15, 0.2) is 0 Å². The molecule has 0 unspecified atom stereocenters. The molecule has 0 aliphatic rings. The van der Waals surface area contributed by atoms with Gasteiger partial charge in [-0.15, -0.1) is 0 Å². The highest BCUT2D eigenvalue weighted by atomic mass is 16.0. The van der Waals surface area contributed by atoms with Gasteiger partial charge in [-0.2, -0.15) is 0 Å². The van der Waals surface area contributed by atoms with Crippen molar-refractivity contribution < 1.29 is 5.48 Å². The van der Waals surface area contributed by atoms with Gasteiger partial charge in [0, 0.05) is 0 Å². The molecular weight excluding hydrogens is 256 g/mol. The van der Waals surface area contributed by atoms with Crippen molar-refractivity contribution in [3.63, 3.8) is 0 Å². The van der Waals surface area contributed by atoms with Gasteiger partial charge in [-0.1, -0.05) is 111 Å². The Labute approximate surface area is 128 Å². The molecule has 0 aliphatic heterocycles. The molecule has 0 radical (unpaired) electrons. The Balaban J connectivity index is 0. The standard InChI is InChI=1S/2C8H8.C4H6.H2O/c2*1-2-8-6-4-3-5-7-8;1-3-4-2;/h2*2-7H,1H2;3-4H,1-2H2;1H2. The first-order valence-electron chi connectivity index (χ1n) is 6.37. The van der Waals surface area contributed by atoms with E-state index in [2.05, 4.69) is 26.3 Å². The number of hydrogen-bond acceptors (Lipinski definition) is 0. The number of hydrogen-bond donors (Lipinski definition) is 0. The minimum Gasteiger partial charge on any atom is -0.412 e. The first-order valence-corrected chi connectivity index (χ1v) is 6.37. The van der Waals surface area contributed by atoms with Gasteiger partial charge in [-0.05, 0) is 11.1 Å². The maximum absolute atomic E-state index is 3.63. The lowest BCUT2D eigenvalue weighted by Gasteiger charge is -1.85. The van der Waals surface area contributed by atoms with Crippen molar-refractivity contribution in [3.8, 4) is 0 Å². The normalized spacial score (nSPS) is 7.43. The Hall–Kier alpha value is -2.64. The van der Waals surface area contributed by atoms with E-state index in [1.807, 2.05) is 72.8 Å². The van der Waals surface area contributed by atoms with E-state index in [0.29, 0.717) is 0 Å². The van der Waals surface area contributed by atoms with Gasteiger partial charge in [0.2, 0.25) is 0 Å². The SMILES string of the molecule is C=CC=C.C=Cc1ccccc1.C=Cc1ccccc1.O. The van der Waals surface area contributed by atoms with Crippen LogP contribution in [0, 0.1) is 0 Å². The Morgan fingerprint density at radius 3 is 0.952 bits per heavy atom. The second kappa shape index (κ2) is 15.4. The van der Waals surface area contributed by atoms with Crippen LogP contribution in [0.5, 0.6) is 0 Å². The van der Waals surface area contributed by atoms with Crippen LogP contribution in [-0.2, 0) is 0 Å². The largest absolute Gasteiger partial charge is 0.412 e. The van der Waals surface area contributed by atoms with Crippen LogP contribution >= 0.6 is 0 Å². The smallest absolute Gasteiger partial charge is 0.0263 e. The van der Waals surface area contributed by atoms with Gasteiger partial charge in [0.25, 0.3) is 0 Å². The van der Waals surface area contributed by atoms with E-state index in [-0.39, 0.29) is 5.48 Å². The average Bonchev–Trinajstić information content (AvgIpc) is 2.57. The summed E-state index contributed by atoms with van der Waals surface area (Å²) < 4.78 is 0. The molecule has 110 valence electrons. The van der Waals surface area contributed by atoms with Gasteiger partial charge < -0.3 is 5.48 Å². The van der Waals surface area contributed by atoms with Gasteiger partial charge in [-0.25, -0.2) is 0 Å². The van der Waals surface area contributed by atoms with Gasteiger partial charge in [0.1, 0.15) is 0 Å². The van der Waals surface area contributed by atoms with Crippen LogP contribution in [0.1, 0.15) is 11.1 Å². The first-order chi connectivity index (χ1) is 9.78. The molecule has 2 rings (SSSR count). The molecule has 2 aromatic rings. The van der Waals surface area contributed by atoms with Crippen molar-refractivity contribution in [2.24, 2.45) is 0 Å². The summed E-state index contributed by atoms with van der Waals surface area (Å²) in [4.78, 5) is 0. The van der Waals surface area contributed by atoms with Gasteiger partial charge in [-0.3, -0.25) is 0 Å². The Morgan fingerprint density at radius 1 is 0.524 bits per heavy atom. The topological polar surface area (TPSA) is 31.5 Å². The summed E-state index contributed by atoms with van der Waals surface area (Å²) in [6.45, 7) is 14.0. The molecule has 0 fully saturated rings. The summed E-state index contributed by atoms with van der Waals surface area (Å²) >= 11 is 0. The lowest BCUT2D eigenvalue weighted by Crippen LogP contribution is -1.63. The molecule has 1 nitrogen and oxygen atoms in total. The van der Waals surface area contributed by atoms with Crippen LogP contribution in [0.3, 0.4) is 0 Å². The fourth-order valence-corrected chi connectivity index (χ4v) is 1.18. The Bertz CT molecular complexity index is 448. The summed E-state index contributed by atoms with van der Waals surface area (Å²) in [5, 5.41) is 0. The molecule has 0 heterocycles. The van der Waals surface area contributed by atoms with Crippen LogP contribution < -0.4 is 0 Å². The molecule has 1 heteroatoms. The Morgan fingerprint density at radius 2 is 0.810 bits per heavy atom. The minimum absolute atomic E-state index is 0. The molecular formula is C20H24O. The van der Waals surface area contributed by atoms with Crippen molar-refractivity contribution in [2.75, 3.05) is 0 Å². The van der Waals surface area contributed by atoms with E-state index in [0.717, 1.165) is 0 Å².